The molecule has 0 heterocycles. The van der Waals surface area contributed by atoms with E-state index in [-0.39, 0.29) is 17.9 Å². The van der Waals surface area contributed by atoms with Crippen molar-refractivity contribution in [1.82, 2.24) is 5.32 Å². The fraction of sp³-hybridized carbons (Fsp3) is 0.125. The van der Waals surface area contributed by atoms with Crippen LogP contribution in [0.4, 0.5) is 14.5 Å². The molecular formula is C16H13ClF2N2O3. The van der Waals surface area contributed by atoms with E-state index in [0.717, 1.165) is 0 Å². The summed E-state index contributed by atoms with van der Waals surface area (Å²) >= 11 is 5.73. The third kappa shape index (κ3) is 5.20. The predicted octanol–water partition coefficient (Wildman–Crippen LogP) is 3.31. The van der Waals surface area contributed by atoms with E-state index in [2.05, 4.69) is 15.4 Å². The minimum Gasteiger partial charge on any atom is -0.434 e. The number of benzene rings is 2. The zero-order chi connectivity index (χ0) is 17.5. The number of ether oxygens (including phenoxy) is 1. The molecule has 0 aliphatic heterocycles. The number of alkyl halides is 2. The molecule has 24 heavy (non-hydrogen) atoms. The number of hydrogen-bond acceptors (Lipinski definition) is 3. The van der Waals surface area contributed by atoms with Gasteiger partial charge >= 0.3 is 6.61 Å². The Morgan fingerprint density at radius 2 is 1.75 bits per heavy atom. The number of carbonyl (C=O) groups is 2. The second-order valence-corrected chi connectivity index (χ2v) is 5.05. The number of rotatable bonds is 6. The molecule has 2 amide bonds. The summed E-state index contributed by atoms with van der Waals surface area (Å²) in [6.45, 7) is -3.38. The Hall–Kier alpha value is -2.67. The lowest BCUT2D eigenvalue weighted by atomic mass is 10.2. The van der Waals surface area contributed by atoms with E-state index in [1.54, 1.807) is 24.3 Å². The summed E-state index contributed by atoms with van der Waals surface area (Å²) in [7, 11) is 0. The maximum Gasteiger partial charge on any atom is 0.387 e. The van der Waals surface area contributed by atoms with Gasteiger partial charge in [-0.2, -0.15) is 8.78 Å². The van der Waals surface area contributed by atoms with Gasteiger partial charge in [-0.1, -0.05) is 23.7 Å². The summed E-state index contributed by atoms with van der Waals surface area (Å²) in [4.78, 5) is 23.8. The first-order valence-electron chi connectivity index (χ1n) is 6.83. The van der Waals surface area contributed by atoms with Crippen LogP contribution < -0.4 is 15.4 Å². The van der Waals surface area contributed by atoms with Gasteiger partial charge in [0.2, 0.25) is 5.91 Å². The first-order chi connectivity index (χ1) is 11.5. The predicted molar refractivity (Wildman–Crippen MR) is 85.5 cm³/mol. The van der Waals surface area contributed by atoms with E-state index in [0.29, 0.717) is 10.7 Å². The summed E-state index contributed by atoms with van der Waals surface area (Å²) < 4.78 is 28.9. The number of halogens is 3. The molecule has 0 bridgehead atoms. The molecule has 2 aromatic rings. The van der Waals surface area contributed by atoms with Crippen LogP contribution in [0.25, 0.3) is 0 Å². The zero-order valence-electron chi connectivity index (χ0n) is 12.3. The maximum absolute atomic E-state index is 12.3. The molecule has 2 aromatic carbocycles. The summed E-state index contributed by atoms with van der Waals surface area (Å²) in [5.74, 6) is -1.43. The van der Waals surface area contributed by atoms with Crippen LogP contribution in [0.2, 0.25) is 5.02 Å². The lowest BCUT2D eigenvalue weighted by Gasteiger charge is -2.11. The van der Waals surface area contributed by atoms with Gasteiger partial charge in [0.15, 0.2) is 0 Å². The normalized spacial score (nSPS) is 10.3. The van der Waals surface area contributed by atoms with E-state index in [1.807, 2.05) is 0 Å². The Labute approximate surface area is 141 Å². The van der Waals surface area contributed by atoms with Crippen molar-refractivity contribution >= 4 is 29.1 Å². The smallest absolute Gasteiger partial charge is 0.387 e. The minimum absolute atomic E-state index is 0.0860. The minimum atomic E-state index is -3.05. The van der Waals surface area contributed by atoms with Crippen molar-refractivity contribution in [3.05, 3.63) is 59.1 Å². The molecule has 126 valence electrons. The molecule has 2 N–H and O–H groups in total. The maximum atomic E-state index is 12.3. The lowest BCUT2D eigenvalue weighted by Crippen LogP contribution is -2.33. The molecule has 0 unspecified atom stereocenters. The van der Waals surface area contributed by atoms with E-state index < -0.39 is 18.4 Å². The molecule has 0 radical (unpaired) electrons. The number of para-hydroxylation sites is 1. The van der Waals surface area contributed by atoms with Gasteiger partial charge in [-0.05, 0) is 36.4 Å². The van der Waals surface area contributed by atoms with Crippen molar-refractivity contribution in [3.63, 3.8) is 0 Å². The second-order valence-electron chi connectivity index (χ2n) is 4.61. The van der Waals surface area contributed by atoms with Crippen LogP contribution in [0.1, 0.15) is 10.4 Å². The highest BCUT2D eigenvalue weighted by molar-refractivity contribution is 6.30. The topological polar surface area (TPSA) is 67.4 Å². The van der Waals surface area contributed by atoms with E-state index in [9.17, 15) is 18.4 Å². The van der Waals surface area contributed by atoms with Crippen LogP contribution in [-0.4, -0.2) is 25.0 Å². The zero-order valence-corrected chi connectivity index (χ0v) is 13.0. The molecule has 0 aliphatic rings. The first kappa shape index (κ1) is 17.7. The highest BCUT2D eigenvalue weighted by Gasteiger charge is 2.15. The monoisotopic (exact) mass is 354 g/mol. The van der Waals surface area contributed by atoms with Crippen molar-refractivity contribution in [2.75, 3.05) is 11.9 Å². The van der Waals surface area contributed by atoms with Gasteiger partial charge in [0, 0.05) is 10.7 Å². The van der Waals surface area contributed by atoms with Crippen molar-refractivity contribution in [2.24, 2.45) is 0 Å². The molecule has 0 atom stereocenters. The molecule has 2 rings (SSSR count). The Balaban J connectivity index is 1.93. The van der Waals surface area contributed by atoms with Crippen LogP contribution in [-0.2, 0) is 4.79 Å². The summed E-state index contributed by atoms with van der Waals surface area (Å²) in [5.41, 5.74) is 0.428. The molecule has 0 spiro atoms. The fourth-order valence-electron chi connectivity index (χ4n) is 1.85. The molecule has 0 aromatic heterocycles. The molecule has 0 saturated heterocycles. The number of anilines is 1. The Morgan fingerprint density at radius 3 is 2.42 bits per heavy atom. The standard InChI is InChI=1S/C16H13ClF2N2O3/c17-10-5-7-11(8-6-10)21-14(22)9-20-15(23)12-3-1-2-4-13(12)24-16(18)19/h1-8,16H,9H2,(H,20,23)(H,21,22). The summed E-state index contributed by atoms with van der Waals surface area (Å²) in [5, 5.41) is 5.43. The van der Waals surface area contributed by atoms with Crippen LogP contribution in [0.15, 0.2) is 48.5 Å². The number of nitrogens with one attached hydrogen (secondary N) is 2. The van der Waals surface area contributed by atoms with Crippen molar-refractivity contribution in [3.8, 4) is 5.75 Å². The third-order valence-corrected chi connectivity index (χ3v) is 3.14. The van der Waals surface area contributed by atoms with Crippen molar-refractivity contribution in [2.45, 2.75) is 6.61 Å². The van der Waals surface area contributed by atoms with Crippen LogP contribution in [0.3, 0.4) is 0 Å². The highest BCUT2D eigenvalue weighted by atomic mass is 35.5. The molecule has 5 nitrogen and oxygen atoms in total. The third-order valence-electron chi connectivity index (χ3n) is 2.89. The van der Waals surface area contributed by atoms with Gasteiger partial charge in [-0.3, -0.25) is 9.59 Å². The average Bonchev–Trinajstić information content (AvgIpc) is 2.55. The lowest BCUT2D eigenvalue weighted by molar-refractivity contribution is -0.115. The average molecular weight is 355 g/mol. The Bertz CT molecular complexity index is 724. The largest absolute Gasteiger partial charge is 0.434 e. The molecule has 0 fully saturated rings. The molecule has 0 saturated carbocycles. The molecular weight excluding hydrogens is 342 g/mol. The quantitative estimate of drug-likeness (QED) is 0.836. The first-order valence-corrected chi connectivity index (χ1v) is 7.21. The van der Waals surface area contributed by atoms with Crippen molar-refractivity contribution < 1.29 is 23.1 Å². The van der Waals surface area contributed by atoms with E-state index in [4.69, 9.17) is 11.6 Å². The van der Waals surface area contributed by atoms with Crippen molar-refractivity contribution in [1.29, 1.82) is 0 Å². The summed E-state index contributed by atoms with van der Waals surface area (Å²) in [6.07, 6.45) is 0. The van der Waals surface area contributed by atoms with Crippen LogP contribution >= 0.6 is 11.6 Å². The Morgan fingerprint density at radius 1 is 1.08 bits per heavy atom. The van der Waals surface area contributed by atoms with E-state index in [1.165, 1.54) is 24.3 Å². The summed E-state index contributed by atoms with van der Waals surface area (Å²) in [6, 6.07) is 11.9. The highest BCUT2D eigenvalue weighted by Crippen LogP contribution is 2.20. The second kappa shape index (κ2) is 8.26. The van der Waals surface area contributed by atoms with Gasteiger partial charge in [-0.15, -0.1) is 0 Å². The van der Waals surface area contributed by atoms with E-state index >= 15 is 0 Å². The van der Waals surface area contributed by atoms with Gasteiger partial charge in [0.05, 0.1) is 12.1 Å². The van der Waals surface area contributed by atoms with Crippen LogP contribution in [0, 0.1) is 0 Å². The van der Waals surface area contributed by atoms with Gasteiger partial charge in [0.1, 0.15) is 5.75 Å². The molecule has 0 aliphatic carbocycles. The number of amides is 2. The number of hydrogen-bond donors (Lipinski definition) is 2. The van der Waals surface area contributed by atoms with Gasteiger partial charge in [-0.25, -0.2) is 0 Å². The number of carbonyl (C=O) groups excluding carboxylic acids is 2. The van der Waals surface area contributed by atoms with Gasteiger partial charge in [0.25, 0.3) is 5.91 Å². The Kier molecular flexibility index (Phi) is 6.08. The van der Waals surface area contributed by atoms with Gasteiger partial charge < -0.3 is 15.4 Å². The molecule has 8 heteroatoms. The van der Waals surface area contributed by atoms with Crippen LogP contribution in [0.5, 0.6) is 5.75 Å². The SMILES string of the molecule is O=C(CNC(=O)c1ccccc1OC(F)F)Nc1ccc(Cl)cc1. The fourth-order valence-corrected chi connectivity index (χ4v) is 1.97.